The number of hydrogen-bond donors (Lipinski definition) is 0. The smallest absolute Gasteiger partial charge is 0.377 e. The molecule has 0 N–H and O–H groups in total. The highest BCUT2D eigenvalue weighted by Gasteiger charge is 2.47. The molecule has 2 aromatic carbocycles. The van der Waals surface area contributed by atoms with Gasteiger partial charge in [-0.3, -0.25) is 9.69 Å². The van der Waals surface area contributed by atoms with E-state index < -0.39 is 17.6 Å². The molecule has 2 saturated heterocycles. The zero-order valence-electron chi connectivity index (χ0n) is 23.3. The van der Waals surface area contributed by atoms with Crippen molar-refractivity contribution in [1.82, 2.24) is 19.7 Å². The summed E-state index contributed by atoms with van der Waals surface area (Å²) in [5.74, 6) is 0.675. The molecule has 218 valence electrons. The minimum atomic E-state index is -4.58. The van der Waals surface area contributed by atoms with Gasteiger partial charge in [-0.05, 0) is 66.1 Å². The molecule has 4 aliphatic rings. The van der Waals surface area contributed by atoms with Crippen LogP contribution in [-0.4, -0.2) is 51.4 Å². The number of halogens is 3. The zero-order chi connectivity index (χ0) is 29.2. The van der Waals surface area contributed by atoms with Crippen molar-refractivity contribution in [3.8, 4) is 6.07 Å². The maximum atomic E-state index is 14.3. The molecular weight excluding hydrogens is 545 g/mol. The Morgan fingerprint density at radius 1 is 1.19 bits per heavy atom. The lowest BCUT2D eigenvalue weighted by Gasteiger charge is -2.45. The van der Waals surface area contributed by atoms with Gasteiger partial charge in [0.15, 0.2) is 0 Å². The van der Waals surface area contributed by atoms with Crippen LogP contribution in [0.4, 0.5) is 18.9 Å². The van der Waals surface area contributed by atoms with Gasteiger partial charge in [0.05, 0.1) is 30.9 Å². The number of benzene rings is 2. The SMILES string of the molecule is Cn1cnnc1CC1(c2cccc(N3Cc4c(cc(CN5CC6C[C@@H](CO6)C5)cc4C(F)(F)F)C3=O)c2)CC(C#N)C1. The number of hydrogen-bond acceptors (Lipinski definition) is 6. The molecule has 0 radical (unpaired) electrons. The van der Waals surface area contributed by atoms with Gasteiger partial charge in [0.1, 0.15) is 12.2 Å². The average Bonchev–Trinajstić information content (AvgIpc) is 3.61. The lowest BCUT2D eigenvalue weighted by atomic mass is 9.57. The Kier molecular flexibility index (Phi) is 6.40. The Labute approximate surface area is 241 Å². The molecule has 11 heteroatoms. The van der Waals surface area contributed by atoms with Gasteiger partial charge in [-0.2, -0.15) is 18.4 Å². The van der Waals surface area contributed by atoms with Gasteiger partial charge in [-0.25, -0.2) is 0 Å². The summed E-state index contributed by atoms with van der Waals surface area (Å²) in [6, 6.07) is 12.7. The van der Waals surface area contributed by atoms with Crippen molar-refractivity contribution in [3.63, 3.8) is 0 Å². The van der Waals surface area contributed by atoms with Crippen LogP contribution in [0.25, 0.3) is 0 Å². The number of piperidine rings is 1. The summed E-state index contributed by atoms with van der Waals surface area (Å²) in [4.78, 5) is 17.3. The standard InChI is InChI=1S/C31H31F3N6O2/c1-38-18-36-37-28(38)11-30(9-21(10-30)12-35)22-3-2-4-23(8-22)40-16-26-25(29(40)41)6-19(7-27(26)31(32,33)34)13-39-14-20-5-24(15-39)42-17-20/h2-4,6-8,18,20-21,24H,5,9-11,13-17H2,1H3/t20-,21?,24?,30?/m1/s1. The Balaban J connectivity index is 1.19. The molecule has 1 amide bonds. The van der Waals surface area contributed by atoms with Gasteiger partial charge in [-0.1, -0.05) is 12.1 Å². The third-order valence-corrected chi connectivity index (χ3v) is 9.48. The number of fused-ring (bicyclic) bond motifs is 3. The molecule has 2 bridgehead atoms. The predicted molar refractivity (Wildman–Crippen MR) is 146 cm³/mol. The van der Waals surface area contributed by atoms with Crippen LogP contribution in [0.2, 0.25) is 0 Å². The van der Waals surface area contributed by atoms with Gasteiger partial charge in [0.25, 0.3) is 5.91 Å². The Morgan fingerprint density at radius 3 is 2.74 bits per heavy atom. The molecule has 7 rings (SSSR count). The molecular formula is C31H31F3N6O2. The van der Waals surface area contributed by atoms with E-state index in [9.17, 15) is 23.2 Å². The summed E-state index contributed by atoms with van der Waals surface area (Å²) in [5, 5.41) is 17.7. The summed E-state index contributed by atoms with van der Waals surface area (Å²) >= 11 is 0. The average molecular weight is 577 g/mol. The topological polar surface area (TPSA) is 87.3 Å². The van der Waals surface area contributed by atoms with Gasteiger partial charge in [0, 0.05) is 55.7 Å². The largest absolute Gasteiger partial charge is 0.416 e. The van der Waals surface area contributed by atoms with E-state index in [1.807, 2.05) is 29.8 Å². The first kappa shape index (κ1) is 27.1. The molecule has 3 aromatic rings. The molecule has 4 heterocycles. The third kappa shape index (κ3) is 4.67. The van der Waals surface area contributed by atoms with E-state index >= 15 is 0 Å². The lowest BCUT2D eigenvalue weighted by molar-refractivity contribution is -0.138. The van der Waals surface area contributed by atoms with Gasteiger partial charge >= 0.3 is 6.18 Å². The summed E-state index contributed by atoms with van der Waals surface area (Å²) in [5.41, 5.74) is 1.00. The molecule has 1 saturated carbocycles. The second kappa shape index (κ2) is 9.92. The first-order valence-electron chi connectivity index (χ1n) is 14.3. The minimum absolute atomic E-state index is 0.0192. The van der Waals surface area contributed by atoms with Crippen molar-refractivity contribution in [1.29, 1.82) is 5.26 Å². The van der Waals surface area contributed by atoms with Gasteiger partial charge < -0.3 is 14.2 Å². The first-order valence-corrected chi connectivity index (χ1v) is 14.3. The van der Waals surface area contributed by atoms with Crippen LogP contribution < -0.4 is 4.90 Å². The van der Waals surface area contributed by atoms with Crippen LogP contribution in [0, 0.1) is 23.2 Å². The van der Waals surface area contributed by atoms with E-state index in [4.69, 9.17) is 4.74 Å². The number of likely N-dealkylation sites (tertiary alicyclic amines) is 1. The maximum Gasteiger partial charge on any atom is 0.416 e. The van der Waals surface area contributed by atoms with Crippen molar-refractivity contribution >= 4 is 11.6 Å². The summed E-state index contributed by atoms with van der Waals surface area (Å²) in [7, 11) is 1.87. The van der Waals surface area contributed by atoms with Crippen molar-refractivity contribution in [2.24, 2.45) is 18.9 Å². The third-order valence-electron chi connectivity index (χ3n) is 9.48. The highest BCUT2D eigenvalue weighted by Crippen LogP contribution is 2.50. The van der Waals surface area contributed by atoms with Crippen LogP contribution in [0.5, 0.6) is 0 Å². The quantitative estimate of drug-likeness (QED) is 0.426. The van der Waals surface area contributed by atoms with E-state index in [0.717, 1.165) is 24.4 Å². The highest BCUT2D eigenvalue weighted by molar-refractivity contribution is 6.10. The number of rotatable bonds is 6. The Hall–Kier alpha value is -3.75. The van der Waals surface area contributed by atoms with E-state index in [-0.39, 0.29) is 35.1 Å². The van der Waals surface area contributed by atoms with Crippen LogP contribution in [0.15, 0.2) is 42.7 Å². The number of alkyl halides is 3. The van der Waals surface area contributed by atoms with E-state index in [1.54, 1.807) is 18.5 Å². The van der Waals surface area contributed by atoms with E-state index in [0.29, 0.717) is 56.1 Å². The monoisotopic (exact) mass is 576 g/mol. The Bertz CT molecular complexity index is 1580. The number of nitrogens with zero attached hydrogens (tertiary/aromatic N) is 6. The molecule has 8 nitrogen and oxygen atoms in total. The zero-order valence-corrected chi connectivity index (χ0v) is 23.3. The summed E-state index contributed by atoms with van der Waals surface area (Å²) in [6.45, 7) is 2.36. The number of nitriles is 1. The fourth-order valence-corrected chi connectivity index (χ4v) is 7.40. The molecule has 1 aliphatic carbocycles. The normalized spacial score (nSPS) is 27.2. The van der Waals surface area contributed by atoms with Crippen molar-refractivity contribution in [2.75, 3.05) is 24.6 Å². The fourth-order valence-electron chi connectivity index (χ4n) is 7.40. The minimum Gasteiger partial charge on any atom is -0.377 e. The molecule has 1 aromatic heterocycles. The van der Waals surface area contributed by atoms with Crippen LogP contribution >= 0.6 is 0 Å². The number of aromatic nitrogens is 3. The lowest BCUT2D eigenvalue weighted by Crippen LogP contribution is -2.43. The van der Waals surface area contributed by atoms with Gasteiger partial charge in [-0.15, -0.1) is 10.2 Å². The number of carbonyl (C=O) groups is 1. The molecule has 42 heavy (non-hydrogen) atoms. The summed E-state index contributed by atoms with van der Waals surface area (Å²) < 4.78 is 50.7. The second-order valence-electron chi connectivity index (χ2n) is 12.4. The van der Waals surface area contributed by atoms with Crippen LogP contribution in [-0.2, 0) is 42.9 Å². The van der Waals surface area contributed by atoms with Crippen molar-refractivity contribution in [2.45, 2.75) is 56.5 Å². The second-order valence-corrected chi connectivity index (χ2v) is 12.4. The van der Waals surface area contributed by atoms with E-state index in [2.05, 4.69) is 21.2 Å². The number of aryl methyl sites for hydroxylation is 1. The molecule has 0 spiro atoms. The molecule has 2 atom stereocenters. The van der Waals surface area contributed by atoms with Crippen LogP contribution in [0.3, 0.4) is 0 Å². The number of amides is 1. The summed E-state index contributed by atoms with van der Waals surface area (Å²) in [6.07, 6.45) is 0.0248. The fraction of sp³-hybridized carbons (Fsp3) is 0.484. The van der Waals surface area contributed by atoms with Gasteiger partial charge in [0.2, 0.25) is 0 Å². The predicted octanol–water partition coefficient (Wildman–Crippen LogP) is 4.63. The van der Waals surface area contributed by atoms with E-state index in [1.165, 1.54) is 11.0 Å². The maximum absolute atomic E-state index is 14.3. The molecule has 1 unspecified atom stereocenters. The van der Waals surface area contributed by atoms with Crippen molar-refractivity contribution in [3.05, 3.63) is 76.4 Å². The Morgan fingerprint density at radius 2 is 2.02 bits per heavy atom. The molecule has 3 aliphatic heterocycles. The number of carbonyl (C=O) groups excluding carboxylic acids is 1. The van der Waals surface area contributed by atoms with Crippen molar-refractivity contribution < 1.29 is 22.7 Å². The number of anilines is 1. The van der Waals surface area contributed by atoms with Crippen LogP contribution in [0.1, 0.15) is 57.7 Å². The molecule has 3 fully saturated rings. The highest BCUT2D eigenvalue weighted by atomic mass is 19.4. The first-order chi connectivity index (χ1) is 20.1. The number of ether oxygens (including phenoxy) is 1.